The molecule has 0 aliphatic heterocycles. The quantitative estimate of drug-likeness (QED) is 0.602. The van der Waals surface area contributed by atoms with E-state index >= 15 is 0 Å². The van der Waals surface area contributed by atoms with Crippen LogP contribution < -0.4 is 10.5 Å². The highest BCUT2D eigenvalue weighted by Gasteiger charge is 2.09. The molecule has 0 heterocycles. The second-order valence-corrected chi connectivity index (χ2v) is 5.29. The lowest BCUT2D eigenvalue weighted by Gasteiger charge is -2.06. The van der Waals surface area contributed by atoms with Crippen LogP contribution in [0.5, 0.6) is 0 Å². The van der Waals surface area contributed by atoms with Crippen molar-refractivity contribution in [2.45, 2.75) is 11.8 Å². The maximum absolute atomic E-state index is 11.4. The molecule has 0 saturated carbocycles. The van der Waals surface area contributed by atoms with E-state index in [-0.39, 0.29) is 4.90 Å². The molecule has 0 bridgehead atoms. The lowest BCUT2D eigenvalue weighted by Crippen LogP contribution is -2.20. The molecular formula is C12H14N2O5S. The molecule has 8 heteroatoms. The van der Waals surface area contributed by atoms with Crippen molar-refractivity contribution in [3.05, 3.63) is 36.4 Å². The van der Waals surface area contributed by atoms with Crippen LogP contribution >= 0.6 is 0 Å². The van der Waals surface area contributed by atoms with Gasteiger partial charge >= 0.3 is 5.97 Å². The predicted octanol–water partition coefficient (Wildman–Crippen LogP) is 0.392. The fourth-order valence-corrected chi connectivity index (χ4v) is 1.76. The topological polar surface area (TPSA) is 116 Å². The standard InChI is InChI=1S/C12H14N2O5S/c1-2-3-12(16)19-8-11(15)14-9-4-6-10(7-5-9)20(13,17)18/h2-7H,8H2,1H3,(H,14,15)(H2,13,17,18). The van der Waals surface area contributed by atoms with Gasteiger partial charge in [0.05, 0.1) is 4.90 Å². The number of benzene rings is 1. The van der Waals surface area contributed by atoms with Gasteiger partial charge in [-0.25, -0.2) is 18.4 Å². The number of carbonyl (C=O) groups excluding carboxylic acids is 2. The molecular weight excluding hydrogens is 284 g/mol. The van der Waals surface area contributed by atoms with E-state index in [1.807, 2.05) is 0 Å². The molecule has 20 heavy (non-hydrogen) atoms. The Morgan fingerprint density at radius 3 is 2.40 bits per heavy atom. The third-order valence-electron chi connectivity index (χ3n) is 2.11. The first-order chi connectivity index (χ1) is 9.32. The van der Waals surface area contributed by atoms with E-state index in [4.69, 9.17) is 5.14 Å². The van der Waals surface area contributed by atoms with Gasteiger partial charge in [-0.05, 0) is 31.2 Å². The molecule has 0 aliphatic carbocycles. The van der Waals surface area contributed by atoms with Gasteiger partial charge in [-0.15, -0.1) is 0 Å². The van der Waals surface area contributed by atoms with Crippen molar-refractivity contribution < 1.29 is 22.7 Å². The number of amides is 1. The largest absolute Gasteiger partial charge is 0.452 e. The molecule has 0 unspecified atom stereocenters. The van der Waals surface area contributed by atoms with Gasteiger partial charge < -0.3 is 10.1 Å². The molecule has 0 radical (unpaired) electrons. The fraction of sp³-hybridized carbons (Fsp3) is 0.167. The van der Waals surface area contributed by atoms with E-state index in [0.29, 0.717) is 5.69 Å². The van der Waals surface area contributed by atoms with Gasteiger partial charge in [-0.1, -0.05) is 6.08 Å². The molecule has 3 N–H and O–H groups in total. The second kappa shape index (κ2) is 6.83. The minimum atomic E-state index is -3.77. The number of hydrogen-bond acceptors (Lipinski definition) is 5. The first kappa shape index (κ1) is 15.9. The summed E-state index contributed by atoms with van der Waals surface area (Å²) >= 11 is 0. The van der Waals surface area contributed by atoms with Gasteiger partial charge in [0.2, 0.25) is 10.0 Å². The number of primary sulfonamides is 1. The average Bonchev–Trinajstić information content (AvgIpc) is 2.36. The molecule has 0 saturated heterocycles. The highest BCUT2D eigenvalue weighted by molar-refractivity contribution is 7.89. The highest BCUT2D eigenvalue weighted by atomic mass is 32.2. The number of hydrogen-bond donors (Lipinski definition) is 2. The SMILES string of the molecule is CC=CC(=O)OCC(=O)Nc1ccc(S(N)(=O)=O)cc1. The van der Waals surface area contributed by atoms with E-state index in [1.54, 1.807) is 6.92 Å². The van der Waals surface area contributed by atoms with Crippen molar-refractivity contribution in [2.24, 2.45) is 5.14 Å². The van der Waals surface area contributed by atoms with E-state index in [1.165, 1.54) is 36.4 Å². The van der Waals surface area contributed by atoms with Crippen molar-refractivity contribution in [1.29, 1.82) is 0 Å². The minimum absolute atomic E-state index is 0.0602. The number of esters is 1. The van der Waals surface area contributed by atoms with Crippen LogP contribution in [0.4, 0.5) is 5.69 Å². The first-order valence-electron chi connectivity index (χ1n) is 5.55. The van der Waals surface area contributed by atoms with Crippen LogP contribution in [-0.4, -0.2) is 26.9 Å². The Bertz CT molecular complexity index is 620. The molecule has 1 aromatic rings. The van der Waals surface area contributed by atoms with Gasteiger partial charge in [0.15, 0.2) is 6.61 Å². The molecule has 1 rings (SSSR count). The van der Waals surface area contributed by atoms with Gasteiger partial charge in [-0.2, -0.15) is 0 Å². The zero-order chi connectivity index (χ0) is 15.2. The summed E-state index contributed by atoms with van der Waals surface area (Å²) in [6.45, 7) is 1.22. The summed E-state index contributed by atoms with van der Waals surface area (Å²) in [7, 11) is -3.77. The molecule has 0 atom stereocenters. The first-order valence-corrected chi connectivity index (χ1v) is 7.09. The van der Waals surface area contributed by atoms with Crippen LogP contribution in [0.2, 0.25) is 0 Å². The fourth-order valence-electron chi connectivity index (χ4n) is 1.25. The number of allylic oxidation sites excluding steroid dienone is 1. The second-order valence-electron chi connectivity index (χ2n) is 3.73. The molecule has 1 aromatic carbocycles. The van der Waals surface area contributed by atoms with E-state index in [0.717, 1.165) is 0 Å². The third-order valence-corrected chi connectivity index (χ3v) is 3.04. The summed E-state index contributed by atoms with van der Waals surface area (Å²) in [4.78, 5) is 22.4. The lowest BCUT2D eigenvalue weighted by molar-refractivity contribution is -0.142. The van der Waals surface area contributed by atoms with Gasteiger partial charge in [0.1, 0.15) is 0 Å². The van der Waals surface area contributed by atoms with Crippen molar-refractivity contribution in [3.63, 3.8) is 0 Å². The Morgan fingerprint density at radius 1 is 1.30 bits per heavy atom. The van der Waals surface area contributed by atoms with Crippen molar-refractivity contribution in [3.8, 4) is 0 Å². The van der Waals surface area contributed by atoms with Crippen molar-refractivity contribution >= 4 is 27.6 Å². The Labute approximate surface area is 116 Å². The highest BCUT2D eigenvalue weighted by Crippen LogP contribution is 2.12. The predicted molar refractivity (Wildman–Crippen MR) is 72.2 cm³/mol. The van der Waals surface area contributed by atoms with E-state index < -0.39 is 28.5 Å². The van der Waals surface area contributed by atoms with Gasteiger partial charge in [-0.3, -0.25) is 4.79 Å². The van der Waals surface area contributed by atoms with Crippen LogP contribution in [-0.2, 0) is 24.3 Å². The summed E-state index contributed by atoms with van der Waals surface area (Å²) in [5.41, 5.74) is 0.365. The zero-order valence-electron chi connectivity index (χ0n) is 10.7. The number of nitrogens with two attached hydrogens (primary N) is 1. The van der Waals surface area contributed by atoms with Crippen LogP contribution in [0.3, 0.4) is 0 Å². The zero-order valence-corrected chi connectivity index (χ0v) is 11.5. The number of ether oxygens (including phenoxy) is 1. The van der Waals surface area contributed by atoms with Crippen LogP contribution in [0.1, 0.15) is 6.92 Å². The van der Waals surface area contributed by atoms with Crippen LogP contribution in [0, 0.1) is 0 Å². The molecule has 0 aromatic heterocycles. The van der Waals surface area contributed by atoms with Crippen molar-refractivity contribution in [2.75, 3.05) is 11.9 Å². The maximum Gasteiger partial charge on any atom is 0.330 e. The number of rotatable bonds is 5. The van der Waals surface area contributed by atoms with Crippen LogP contribution in [0.15, 0.2) is 41.3 Å². The number of anilines is 1. The number of sulfonamides is 1. The van der Waals surface area contributed by atoms with Gasteiger partial charge in [0.25, 0.3) is 5.91 Å². The Hall–Kier alpha value is -2.19. The lowest BCUT2D eigenvalue weighted by atomic mass is 10.3. The van der Waals surface area contributed by atoms with E-state index in [2.05, 4.69) is 10.1 Å². The minimum Gasteiger partial charge on any atom is -0.452 e. The van der Waals surface area contributed by atoms with Gasteiger partial charge in [0, 0.05) is 11.8 Å². The average molecular weight is 298 g/mol. The molecule has 7 nitrogen and oxygen atoms in total. The molecule has 0 fully saturated rings. The summed E-state index contributed by atoms with van der Waals surface area (Å²) in [5.74, 6) is -1.15. The number of nitrogens with one attached hydrogen (secondary N) is 1. The van der Waals surface area contributed by atoms with Crippen LogP contribution in [0.25, 0.3) is 0 Å². The van der Waals surface area contributed by atoms with Crippen molar-refractivity contribution in [1.82, 2.24) is 0 Å². The molecule has 0 spiro atoms. The van der Waals surface area contributed by atoms with E-state index in [9.17, 15) is 18.0 Å². The Kier molecular flexibility index (Phi) is 5.42. The molecule has 108 valence electrons. The summed E-state index contributed by atoms with van der Waals surface area (Å²) in [6.07, 6.45) is 2.68. The maximum atomic E-state index is 11.4. The Morgan fingerprint density at radius 2 is 1.90 bits per heavy atom. The normalized spacial score (nSPS) is 11.3. The third kappa shape index (κ3) is 5.21. The monoisotopic (exact) mass is 298 g/mol. The summed E-state index contributed by atoms with van der Waals surface area (Å²) in [6, 6.07) is 5.28. The summed E-state index contributed by atoms with van der Waals surface area (Å²) < 4.78 is 26.7. The molecule has 1 amide bonds. The Balaban J connectivity index is 2.57. The smallest absolute Gasteiger partial charge is 0.330 e. The summed E-state index contributed by atoms with van der Waals surface area (Å²) in [5, 5.41) is 7.38. The molecule has 0 aliphatic rings. The number of carbonyl (C=O) groups is 2.